The normalized spacial score (nSPS) is 17.4. The summed E-state index contributed by atoms with van der Waals surface area (Å²) in [6, 6.07) is 12.7. The molecule has 1 fully saturated rings. The van der Waals surface area contributed by atoms with E-state index < -0.39 is 0 Å². The van der Waals surface area contributed by atoms with Gasteiger partial charge < -0.3 is 9.88 Å². The molecule has 0 saturated carbocycles. The third kappa shape index (κ3) is 3.61. The minimum absolute atomic E-state index is 0.145. The molecular weight excluding hydrogens is 334 g/mol. The van der Waals surface area contributed by atoms with Crippen molar-refractivity contribution in [2.45, 2.75) is 52.0 Å². The number of aryl methyl sites for hydroxylation is 3. The fraction of sp³-hybridized carbons (Fsp3) is 0.391. The van der Waals surface area contributed by atoms with Gasteiger partial charge in [-0.3, -0.25) is 9.78 Å². The Hall–Kier alpha value is -2.62. The van der Waals surface area contributed by atoms with Gasteiger partial charge in [0.25, 0.3) is 5.91 Å². The lowest BCUT2D eigenvalue weighted by Crippen LogP contribution is -2.44. The zero-order chi connectivity index (χ0) is 18.8. The van der Waals surface area contributed by atoms with Crippen LogP contribution in [-0.2, 0) is 6.42 Å². The van der Waals surface area contributed by atoms with E-state index in [1.54, 1.807) is 0 Å². The van der Waals surface area contributed by atoms with Crippen LogP contribution in [0.1, 0.15) is 53.0 Å². The highest BCUT2D eigenvalue weighted by molar-refractivity contribution is 6.01. The van der Waals surface area contributed by atoms with Crippen LogP contribution in [0.2, 0.25) is 0 Å². The van der Waals surface area contributed by atoms with Crippen molar-refractivity contribution < 1.29 is 4.79 Å². The minimum atomic E-state index is 0.145. The second-order valence-corrected chi connectivity index (χ2v) is 7.68. The smallest absolute Gasteiger partial charge is 0.270 e. The number of aromatic nitrogens is 2. The van der Waals surface area contributed by atoms with E-state index in [0.717, 1.165) is 60.1 Å². The summed E-state index contributed by atoms with van der Waals surface area (Å²) in [5.74, 6) is 0.145. The maximum absolute atomic E-state index is 13.4. The summed E-state index contributed by atoms with van der Waals surface area (Å²) in [6.07, 6.45) is 7.10. The summed E-state index contributed by atoms with van der Waals surface area (Å²) in [5, 5.41) is 1.15. The van der Waals surface area contributed by atoms with Gasteiger partial charge in [0.15, 0.2) is 0 Å². The average Bonchev–Trinajstić information content (AvgIpc) is 3.03. The largest absolute Gasteiger partial charge is 0.350 e. The molecule has 3 heterocycles. The molecule has 4 nitrogen and oxygen atoms in total. The number of nitrogens with zero attached hydrogens (tertiary/aromatic N) is 2. The van der Waals surface area contributed by atoms with E-state index >= 15 is 0 Å². The maximum atomic E-state index is 13.4. The molecule has 1 N–H and O–H groups in total. The van der Waals surface area contributed by atoms with Gasteiger partial charge in [-0.25, -0.2) is 0 Å². The Labute approximate surface area is 160 Å². The first kappa shape index (κ1) is 17.8. The first-order valence-corrected chi connectivity index (χ1v) is 9.93. The number of benzene rings is 1. The molecule has 1 aliphatic rings. The molecule has 1 aromatic carbocycles. The Bertz CT molecular complexity index is 945. The number of fused-ring (bicyclic) bond motifs is 1. The van der Waals surface area contributed by atoms with Crippen LogP contribution in [0.25, 0.3) is 10.9 Å². The lowest BCUT2D eigenvalue weighted by molar-refractivity contribution is 0.0595. The first-order chi connectivity index (χ1) is 13.1. The SMILES string of the molecule is Cc1ccc2[nH]c(C(=O)N3CCCC[C@@H]3CCc3ccccn3)c(C)c2c1. The van der Waals surface area contributed by atoms with Crippen LogP contribution >= 0.6 is 0 Å². The summed E-state index contributed by atoms with van der Waals surface area (Å²) >= 11 is 0. The highest BCUT2D eigenvalue weighted by Crippen LogP contribution is 2.27. The Morgan fingerprint density at radius 2 is 2.11 bits per heavy atom. The van der Waals surface area contributed by atoms with Crippen molar-refractivity contribution in [3.8, 4) is 0 Å². The molecule has 0 unspecified atom stereocenters. The van der Waals surface area contributed by atoms with Gasteiger partial charge in [0.05, 0.1) is 0 Å². The number of likely N-dealkylation sites (tertiary alicyclic amines) is 1. The average molecular weight is 361 g/mol. The third-order valence-corrected chi connectivity index (χ3v) is 5.78. The lowest BCUT2D eigenvalue weighted by Gasteiger charge is -2.36. The monoisotopic (exact) mass is 361 g/mol. The standard InChI is InChI=1S/C23H27N3O/c1-16-9-12-21-20(15-16)17(2)22(25-21)23(27)26-14-6-4-8-19(26)11-10-18-7-3-5-13-24-18/h3,5,7,9,12-13,15,19,25H,4,6,8,10-11,14H2,1-2H3/t19-/m1/s1. The van der Waals surface area contributed by atoms with Gasteiger partial charge in [-0.1, -0.05) is 17.7 Å². The predicted octanol–water partition coefficient (Wildman–Crippen LogP) is 4.81. The van der Waals surface area contributed by atoms with Gasteiger partial charge in [0.2, 0.25) is 0 Å². The number of amides is 1. The van der Waals surface area contributed by atoms with E-state index in [4.69, 9.17) is 0 Å². The zero-order valence-electron chi connectivity index (χ0n) is 16.2. The molecular formula is C23H27N3O. The topological polar surface area (TPSA) is 49.0 Å². The van der Waals surface area contributed by atoms with Crippen molar-refractivity contribution in [3.05, 3.63) is 65.1 Å². The summed E-state index contributed by atoms with van der Waals surface area (Å²) in [5.41, 5.74) is 5.18. The summed E-state index contributed by atoms with van der Waals surface area (Å²) in [6.45, 7) is 4.99. The first-order valence-electron chi connectivity index (χ1n) is 9.93. The van der Waals surface area contributed by atoms with Crippen LogP contribution in [0.5, 0.6) is 0 Å². The number of piperidine rings is 1. The van der Waals surface area contributed by atoms with Gasteiger partial charge in [-0.15, -0.1) is 0 Å². The van der Waals surface area contributed by atoms with Crippen molar-refractivity contribution in [2.75, 3.05) is 6.54 Å². The number of rotatable bonds is 4. The summed E-state index contributed by atoms with van der Waals surface area (Å²) < 4.78 is 0. The van der Waals surface area contributed by atoms with Gasteiger partial charge >= 0.3 is 0 Å². The van der Waals surface area contributed by atoms with Crippen molar-refractivity contribution in [1.29, 1.82) is 0 Å². The molecule has 140 valence electrons. The van der Waals surface area contributed by atoms with E-state index in [1.807, 2.05) is 18.3 Å². The van der Waals surface area contributed by atoms with Crippen LogP contribution in [0, 0.1) is 13.8 Å². The predicted molar refractivity (Wildman–Crippen MR) is 109 cm³/mol. The van der Waals surface area contributed by atoms with E-state index in [9.17, 15) is 4.79 Å². The lowest BCUT2D eigenvalue weighted by atomic mass is 9.96. The Morgan fingerprint density at radius 1 is 1.22 bits per heavy atom. The molecule has 4 heteroatoms. The number of carbonyl (C=O) groups excluding carboxylic acids is 1. The van der Waals surface area contributed by atoms with Crippen molar-refractivity contribution in [3.63, 3.8) is 0 Å². The summed E-state index contributed by atoms with van der Waals surface area (Å²) in [4.78, 5) is 23.3. The molecule has 0 radical (unpaired) electrons. The van der Waals surface area contributed by atoms with E-state index in [0.29, 0.717) is 6.04 Å². The Morgan fingerprint density at radius 3 is 2.93 bits per heavy atom. The third-order valence-electron chi connectivity index (χ3n) is 5.78. The van der Waals surface area contributed by atoms with Crippen LogP contribution in [0.15, 0.2) is 42.6 Å². The molecule has 27 heavy (non-hydrogen) atoms. The van der Waals surface area contributed by atoms with Crippen molar-refractivity contribution in [1.82, 2.24) is 14.9 Å². The number of carbonyl (C=O) groups is 1. The molecule has 4 rings (SSSR count). The van der Waals surface area contributed by atoms with Crippen LogP contribution in [0.3, 0.4) is 0 Å². The molecule has 0 aliphatic carbocycles. The molecule has 1 amide bonds. The highest BCUT2D eigenvalue weighted by atomic mass is 16.2. The number of pyridine rings is 1. The van der Waals surface area contributed by atoms with E-state index in [-0.39, 0.29) is 5.91 Å². The molecule has 3 aromatic rings. The van der Waals surface area contributed by atoms with Crippen molar-refractivity contribution >= 4 is 16.8 Å². The van der Waals surface area contributed by atoms with Crippen molar-refractivity contribution in [2.24, 2.45) is 0 Å². The zero-order valence-corrected chi connectivity index (χ0v) is 16.2. The molecule has 1 saturated heterocycles. The van der Waals surface area contributed by atoms with Gasteiger partial charge in [-0.2, -0.15) is 0 Å². The van der Waals surface area contributed by atoms with E-state index in [1.165, 1.54) is 12.0 Å². The number of hydrogen-bond acceptors (Lipinski definition) is 2. The van der Waals surface area contributed by atoms with Gasteiger partial charge in [0.1, 0.15) is 5.69 Å². The second-order valence-electron chi connectivity index (χ2n) is 7.68. The van der Waals surface area contributed by atoms with Crippen LogP contribution in [0.4, 0.5) is 0 Å². The van der Waals surface area contributed by atoms with E-state index in [2.05, 4.69) is 53.0 Å². The van der Waals surface area contributed by atoms with Crippen LogP contribution in [-0.4, -0.2) is 33.4 Å². The number of aromatic amines is 1. The summed E-state index contributed by atoms with van der Waals surface area (Å²) in [7, 11) is 0. The quantitative estimate of drug-likeness (QED) is 0.725. The molecule has 0 spiro atoms. The highest BCUT2D eigenvalue weighted by Gasteiger charge is 2.29. The van der Waals surface area contributed by atoms with Crippen LogP contribution < -0.4 is 0 Å². The minimum Gasteiger partial charge on any atom is -0.350 e. The molecule has 2 aromatic heterocycles. The molecule has 1 aliphatic heterocycles. The Balaban J connectivity index is 1.56. The number of hydrogen-bond donors (Lipinski definition) is 1. The van der Waals surface area contributed by atoms with Gasteiger partial charge in [-0.05, 0) is 75.8 Å². The Kier molecular flexibility index (Phi) is 4.97. The fourth-order valence-electron chi connectivity index (χ4n) is 4.23. The number of H-pyrrole nitrogens is 1. The number of nitrogens with one attached hydrogen (secondary N) is 1. The fourth-order valence-corrected chi connectivity index (χ4v) is 4.23. The molecule has 1 atom stereocenters. The van der Waals surface area contributed by atoms with Gasteiger partial charge in [0, 0.05) is 35.4 Å². The second kappa shape index (κ2) is 7.55. The maximum Gasteiger partial charge on any atom is 0.270 e. The molecule has 0 bridgehead atoms.